The summed E-state index contributed by atoms with van der Waals surface area (Å²) in [7, 11) is 0. The topological polar surface area (TPSA) is 76.6 Å². The molecule has 0 radical (unpaired) electrons. The number of imidazole rings is 1. The lowest BCUT2D eigenvalue weighted by Crippen LogP contribution is -2.59. The lowest BCUT2D eigenvalue weighted by atomic mass is 9.72. The van der Waals surface area contributed by atoms with Crippen LogP contribution in [0.3, 0.4) is 0 Å². The Labute approximate surface area is 257 Å². The van der Waals surface area contributed by atoms with Gasteiger partial charge in [-0.3, -0.25) is 4.90 Å². The van der Waals surface area contributed by atoms with E-state index in [-0.39, 0.29) is 42.5 Å². The van der Waals surface area contributed by atoms with Crippen molar-refractivity contribution in [3.8, 4) is 0 Å². The largest absolute Gasteiger partial charge is 0.416 e. The van der Waals surface area contributed by atoms with Gasteiger partial charge in [-0.1, -0.05) is 12.1 Å². The fraction of sp³-hybridized carbons (Fsp3) is 0.613. The van der Waals surface area contributed by atoms with Gasteiger partial charge in [0.15, 0.2) is 11.5 Å². The Balaban J connectivity index is 1.23. The second-order valence-corrected chi connectivity index (χ2v) is 13.1. The molecule has 1 aliphatic carbocycles. The van der Waals surface area contributed by atoms with E-state index in [1.807, 2.05) is 18.2 Å². The van der Waals surface area contributed by atoms with Crippen molar-refractivity contribution in [1.82, 2.24) is 34.0 Å². The average Bonchev–Trinajstić information content (AvgIpc) is 3.70. The molecule has 3 aromatic heterocycles. The number of aryl methyl sites for hydroxylation is 2. The minimum absolute atomic E-state index is 0.0939. The summed E-state index contributed by atoms with van der Waals surface area (Å²) in [5.41, 5.74) is 1.59. The van der Waals surface area contributed by atoms with Crippen molar-refractivity contribution in [3.63, 3.8) is 0 Å². The Kier molecular flexibility index (Phi) is 7.30. The molecule has 9 nitrogen and oxygen atoms in total. The van der Waals surface area contributed by atoms with Crippen molar-refractivity contribution >= 4 is 22.8 Å². The predicted octanol–water partition coefficient (Wildman–Crippen LogP) is 5.97. The van der Waals surface area contributed by atoms with Crippen molar-refractivity contribution in [2.24, 2.45) is 5.92 Å². The number of halogens is 5. The Hall–Kier alpha value is -3.39. The number of hydrogen-bond donors (Lipinski definition) is 0. The smallest absolute Gasteiger partial charge is 0.376 e. The third-order valence-corrected chi connectivity index (χ3v) is 9.85. The molecule has 0 N–H and O–H groups in total. The molecule has 3 fully saturated rings. The molecule has 4 atom stereocenters. The molecule has 45 heavy (non-hydrogen) atoms. The van der Waals surface area contributed by atoms with Gasteiger partial charge < -0.3 is 14.2 Å². The first kappa shape index (κ1) is 30.3. The van der Waals surface area contributed by atoms with E-state index in [9.17, 15) is 22.0 Å². The van der Waals surface area contributed by atoms with Crippen molar-refractivity contribution in [3.05, 3.63) is 47.0 Å². The second kappa shape index (κ2) is 10.9. The standard InChI is InChI=1S/C31H37F5N8O/c1-17-10-21(7-8-24(17)31(34,35)36)26(22-11-30(32,33)12-22)41-13-19(3)42(14-18(41)2)27-25-28(44-16-37-40-29(44)39-27)43(20(4)38-25)15-23-6-5-9-45-23/h7-8,10,16,18-19,22-23,26H,5-6,9,11-15H2,1-4H3/t18-,19+,23+,26?/m1/s1. The van der Waals surface area contributed by atoms with Crippen LogP contribution in [0.1, 0.15) is 68.1 Å². The van der Waals surface area contributed by atoms with Gasteiger partial charge in [-0.05, 0) is 63.6 Å². The maximum absolute atomic E-state index is 14.2. The summed E-state index contributed by atoms with van der Waals surface area (Å²) in [5, 5.41) is 8.38. The lowest BCUT2D eigenvalue weighted by molar-refractivity contribution is -0.138. The molecule has 5 heterocycles. The Morgan fingerprint density at radius 1 is 1.07 bits per heavy atom. The van der Waals surface area contributed by atoms with Crippen LogP contribution in [-0.2, 0) is 17.5 Å². The Morgan fingerprint density at radius 2 is 1.84 bits per heavy atom. The van der Waals surface area contributed by atoms with Crippen molar-refractivity contribution in [2.75, 3.05) is 24.6 Å². The number of benzene rings is 1. The fourth-order valence-electron chi connectivity index (χ4n) is 7.65. The van der Waals surface area contributed by atoms with Crippen molar-refractivity contribution in [1.29, 1.82) is 0 Å². The average molecular weight is 633 g/mol. The number of fused-ring (bicyclic) bond motifs is 3. The van der Waals surface area contributed by atoms with Crippen LogP contribution < -0.4 is 4.90 Å². The highest BCUT2D eigenvalue weighted by atomic mass is 19.4. The fourth-order valence-corrected chi connectivity index (χ4v) is 7.65. The highest BCUT2D eigenvalue weighted by Crippen LogP contribution is 2.51. The molecule has 3 aliphatic rings. The monoisotopic (exact) mass is 632 g/mol. The third-order valence-electron chi connectivity index (χ3n) is 9.85. The minimum atomic E-state index is -4.48. The summed E-state index contributed by atoms with van der Waals surface area (Å²) in [6, 6.07) is 3.41. The van der Waals surface area contributed by atoms with Gasteiger partial charge >= 0.3 is 6.18 Å². The quantitative estimate of drug-likeness (QED) is 0.242. The molecule has 14 heteroatoms. The number of anilines is 1. The summed E-state index contributed by atoms with van der Waals surface area (Å²) >= 11 is 0. The number of alkyl halides is 5. The molecule has 0 bridgehead atoms. The van der Waals surface area contributed by atoms with Crippen LogP contribution in [-0.4, -0.2) is 77.8 Å². The van der Waals surface area contributed by atoms with E-state index in [0.29, 0.717) is 36.8 Å². The van der Waals surface area contributed by atoms with Crippen LogP contribution in [0.15, 0.2) is 24.5 Å². The molecule has 0 spiro atoms. The number of aromatic nitrogens is 6. The molecule has 7 rings (SSSR count). The predicted molar refractivity (Wildman–Crippen MR) is 157 cm³/mol. The van der Waals surface area contributed by atoms with Gasteiger partial charge in [0.1, 0.15) is 17.7 Å². The van der Waals surface area contributed by atoms with Crippen LogP contribution in [0.25, 0.3) is 16.9 Å². The van der Waals surface area contributed by atoms with Crippen LogP contribution in [0.5, 0.6) is 0 Å². The number of nitrogens with zero attached hydrogens (tertiary/aromatic N) is 8. The molecule has 1 saturated carbocycles. The summed E-state index contributed by atoms with van der Waals surface area (Å²) in [6.07, 6.45) is -1.32. The molecule has 2 aliphatic heterocycles. The van der Waals surface area contributed by atoms with E-state index in [1.54, 1.807) is 6.33 Å². The van der Waals surface area contributed by atoms with E-state index in [2.05, 4.69) is 31.5 Å². The Morgan fingerprint density at radius 3 is 2.51 bits per heavy atom. The Bertz CT molecular complexity index is 1720. The first-order chi connectivity index (χ1) is 21.3. The van der Waals surface area contributed by atoms with Crippen LogP contribution in [0.4, 0.5) is 27.8 Å². The molecule has 2 saturated heterocycles. The highest BCUT2D eigenvalue weighted by molar-refractivity contribution is 5.87. The second-order valence-electron chi connectivity index (χ2n) is 13.1. The van der Waals surface area contributed by atoms with E-state index < -0.39 is 23.7 Å². The normalized spacial score (nSPS) is 25.4. The third kappa shape index (κ3) is 5.33. The van der Waals surface area contributed by atoms with Crippen LogP contribution in [0.2, 0.25) is 0 Å². The number of rotatable bonds is 6. The molecule has 242 valence electrons. The summed E-state index contributed by atoms with van der Waals surface area (Å²) in [6.45, 7) is 9.91. The summed E-state index contributed by atoms with van der Waals surface area (Å²) < 4.78 is 79.0. The van der Waals surface area contributed by atoms with Gasteiger partial charge in [0.25, 0.3) is 5.78 Å². The van der Waals surface area contributed by atoms with Gasteiger partial charge in [0, 0.05) is 50.7 Å². The van der Waals surface area contributed by atoms with E-state index in [0.717, 1.165) is 42.5 Å². The van der Waals surface area contributed by atoms with E-state index in [1.165, 1.54) is 19.1 Å². The minimum Gasteiger partial charge on any atom is -0.376 e. The van der Waals surface area contributed by atoms with Crippen LogP contribution >= 0.6 is 0 Å². The first-order valence-corrected chi connectivity index (χ1v) is 15.6. The number of piperazine rings is 1. The van der Waals surface area contributed by atoms with Gasteiger partial charge in [0.2, 0.25) is 5.92 Å². The van der Waals surface area contributed by atoms with E-state index >= 15 is 0 Å². The molecule has 1 unspecified atom stereocenters. The van der Waals surface area contributed by atoms with Gasteiger partial charge in [0.05, 0.1) is 18.2 Å². The van der Waals surface area contributed by atoms with Gasteiger partial charge in [-0.25, -0.2) is 18.2 Å². The van der Waals surface area contributed by atoms with Gasteiger partial charge in [-0.2, -0.15) is 18.2 Å². The molecule has 4 aromatic rings. The molecular weight excluding hydrogens is 595 g/mol. The molecule has 0 amide bonds. The highest BCUT2D eigenvalue weighted by Gasteiger charge is 2.52. The van der Waals surface area contributed by atoms with E-state index in [4.69, 9.17) is 14.7 Å². The number of ether oxygens (including phenoxy) is 1. The SMILES string of the molecule is Cc1cc(C(C2CC(F)(F)C2)N2C[C@H](C)N(c3nc4nncn4c4c3nc(C)n4C[C@@H]3CCCO3)C[C@H]2C)ccc1C(F)(F)F. The zero-order chi connectivity index (χ0) is 31.8. The summed E-state index contributed by atoms with van der Waals surface area (Å²) in [5.74, 6) is -1.18. The molecular formula is C31H37F5N8O. The molecule has 1 aromatic carbocycles. The van der Waals surface area contributed by atoms with Gasteiger partial charge in [-0.15, -0.1) is 10.2 Å². The maximum atomic E-state index is 14.2. The zero-order valence-corrected chi connectivity index (χ0v) is 25.7. The van der Waals surface area contributed by atoms with Crippen molar-refractivity contribution < 1.29 is 26.7 Å². The zero-order valence-electron chi connectivity index (χ0n) is 25.7. The number of hydrogen-bond acceptors (Lipinski definition) is 7. The van der Waals surface area contributed by atoms with Crippen molar-refractivity contribution in [2.45, 2.75) is 96.3 Å². The summed E-state index contributed by atoms with van der Waals surface area (Å²) in [4.78, 5) is 14.2. The lowest BCUT2D eigenvalue weighted by Gasteiger charge is -2.52. The first-order valence-electron chi connectivity index (χ1n) is 15.6. The van der Waals surface area contributed by atoms with Crippen LogP contribution in [0, 0.1) is 19.8 Å². The maximum Gasteiger partial charge on any atom is 0.416 e.